The molecule has 1 aliphatic rings. The molecule has 1 unspecified atom stereocenters. The molecule has 0 spiro atoms. The zero-order chi connectivity index (χ0) is 15.3. The van der Waals surface area contributed by atoms with E-state index >= 15 is 0 Å². The molecule has 1 N–H and O–H groups in total. The van der Waals surface area contributed by atoms with Crippen molar-refractivity contribution < 1.29 is 9.59 Å². The third kappa shape index (κ3) is 4.97. The second-order valence-corrected chi connectivity index (χ2v) is 6.47. The van der Waals surface area contributed by atoms with Crippen molar-refractivity contribution in [3.8, 4) is 0 Å². The molecule has 0 heterocycles. The summed E-state index contributed by atoms with van der Waals surface area (Å²) in [5.74, 6) is -0.644. The van der Waals surface area contributed by atoms with E-state index in [1.165, 1.54) is 13.0 Å². The van der Waals surface area contributed by atoms with E-state index in [0.29, 0.717) is 30.0 Å². The first-order valence-electron chi connectivity index (χ1n) is 6.15. The van der Waals surface area contributed by atoms with Crippen molar-refractivity contribution in [1.82, 2.24) is 5.32 Å². The highest BCUT2D eigenvalue weighted by molar-refractivity contribution is 6.52. The third-order valence-corrected chi connectivity index (χ3v) is 4.00. The maximum absolute atomic E-state index is 11.6. The predicted octanol–water partition coefficient (Wildman–Crippen LogP) is 3.51. The lowest BCUT2D eigenvalue weighted by Gasteiger charge is -2.05. The Morgan fingerprint density at radius 3 is 2.50 bits per heavy atom. The number of allylic oxidation sites excluding steroid dienone is 4. The summed E-state index contributed by atoms with van der Waals surface area (Å²) in [4.78, 5) is 23.1. The molecular weight excluding hydrogens is 321 g/mol. The summed E-state index contributed by atoms with van der Waals surface area (Å²) in [6.45, 7) is 5.35. The number of halogens is 3. The van der Waals surface area contributed by atoms with E-state index in [-0.39, 0.29) is 17.6 Å². The maximum Gasteiger partial charge on any atom is 0.226 e. The molecule has 0 aliphatic heterocycles. The van der Waals surface area contributed by atoms with Crippen molar-refractivity contribution in [3.63, 3.8) is 0 Å². The molecule has 0 aromatic rings. The van der Waals surface area contributed by atoms with Gasteiger partial charge in [0.25, 0.3) is 0 Å². The maximum atomic E-state index is 11.6. The lowest BCUT2D eigenvalue weighted by atomic mass is 10.1. The quantitative estimate of drug-likeness (QED) is 0.335. The van der Waals surface area contributed by atoms with Gasteiger partial charge < -0.3 is 5.32 Å². The van der Waals surface area contributed by atoms with Crippen LogP contribution in [0.5, 0.6) is 0 Å². The molecule has 1 saturated carbocycles. The summed E-state index contributed by atoms with van der Waals surface area (Å²) >= 11 is 17.6. The van der Waals surface area contributed by atoms with Crippen LogP contribution in [0.3, 0.4) is 0 Å². The Morgan fingerprint density at radius 1 is 1.45 bits per heavy atom. The summed E-state index contributed by atoms with van der Waals surface area (Å²) in [6, 6.07) is 0. The molecule has 0 bridgehead atoms. The number of amides is 1. The van der Waals surface area contributed by atoms with Gasteiger partial charge in [0, 0.05) is 12.1 Å². The molecule has 0 aromatic heterocycles. The Morgan fingerprint density at radius 2 is 2.05 bits per heavy atom. The normalized spacial score (nSPS) is 21.3. The van der Waals surface area contributed by atoms with E-state index in [2.05, 4.69) is 11.9 Å². The van der Waals surface area contributed by atoms with Crippen molar-refractivity contribution >= 4 is 46.5 Å². The molecule has 0 saturated heterocycles. The largest absolute Gasteiger partial charge is 0.355 e. The van der Waals surface area contributed by atoms with Crippen LogP contribution in [0, 0.1) is 5.92 Å². The van der Waals surface area contributed by atoms with Crippen molar-refractivity contribution in [2.24, 2.45) is 5.92 Å². The fourth-order valence-electron chi connectivity index (χ4n) is 1.64. The van der Waals surface area contributed by atoms with E-state index in [9.17, 15) is 9.59 Å². The molecule has 1 atom stereocenters. The standard InChI is InChI=1S/C14H16Cl3NO2/c1-3-5-12(15)10(9(2)19)6-4-7-18-13(20)11-8-14(11,16)17/h3,5-6,11H,1,4,7-8H2,2H3,(H,18,20)/b10-6-,12-5+. The van der Waals surface area contributed by atoms with Gasteiger partial charge in [0.2, 0.25) is 5.91 Å². The lowest BCUT2D eigenvalue weighted by molar-refractivity contribution is -0.122. The highest BCUT2D eigenvalue weighted by Gasteiger charge is 2.56. The number of carbonyl (C=O) groups excluding carboxylic acids is 2. The van der Waals surface area contributed by atoms with E-state index in [1.54, 1.807) is 12.2 Å². The van der Waals surface area contributed by atoms with E-state index < -0.39 is 4.33 Å². The van der Waals surface area contributed by atoms with Crippen LogP contribution in [-0.4, -0.2) is 22.6 Å². The zero-order valence-electron chi connectivity index (χ0n) is 11.1. The number of alkyl halides is 2. The van der Waals surface area contributed by atoms with Crippen molar-refractivity contribution in [2.75, 3.05) is 6.54 Å². The van der Waals surface area contributed by atoms with Crippen LogP contribution in [0.2, 0.25) is 0 Å². The summed E-state index contributed by atoms with van der Waals surface area (Å²) in [7, 11) is 0. The first-order chi connectivity index (χ1) is 9.29. The lowest BCUT2D eigenvalue weighted by Crippen LogP contribution is -2.27. The monoisotopic (exact) mass is 335 g/mol. The fourth-order valence-corrected chi connectivity index (χ4v) is 2.44. The van der Waals surface area contributed by atoms with E-state index in [1.807, 2.05) is 0 Å². The highest BCUT2D eigenvalue weighted by atomic mass is 35.5. The van der Waals surface area contributed by atoms with Gasteiger partial charge in [-0.3, -0.25) is 9.59 Å². The Kier molecular flexibility index (Phi) is 6.31. The molecule has 1 amide bonds. The Hall–Kier alpha value is -0.770. The van der Waals surface area contributed by atoms with Gasteiger partial charge in [0.1, 0.15) is 4.33 Å². The Balaban J connectivity index is 2.46. The van der Waals surface area contributed by atoms with Crippen LogP contribution in [-0.2, 0) is 9.59 Å². The van der Waals surface area contributed by atoms with Crippen LogP contribution in [0.1, 0.15) is 19.8 Å². The number of nitrogens with one attached hydrogen (secondary N) is 1. The molecule has 3 nitrogen and oxygen atoms in total. The smallest absolute Gasteiger partial charge is 0.226 e. The number of rotatable bonds is 7. The molecular formula is C14H16Cl3NO2. The van der Waals surface area contributed by atoms with Crippen LogP contribution in [0.15, 0.2) is 35.4 Å². The summed E-state index contributed by atoms with van der Waals surface area (Å²) < 4.78 is -0.916. The van der Waals surface area contributed by atoms with Crippen molar-refractivity contribution in [1.29, 1.82) is 0 Å². The van der Waals surface area contributed by atoms with Gasteiger partial charge in [-0.2, -0.15) is 0 Å². The van der Waals surface area contributed by atoms with Gasteiger partial charge in [0.15, 0.2) is 5.78 Å². The predicted molar refractivity (Wildman–Crippen MR) is 83.1 cm³/mol. The molecule has 0 aromatic carbocycles. The second-order valence-electron chi connectivity index (χ2n) is 4.52. The minimum absolute atomic E-state index is 0.137. The molecule has 0 radical (unpaired) electrons. The van der Waals surface area contributed by atoms with Gasteiger partial charge in [0.05, 0.1) is 11.0 Å². The average Bonchev–Trinajstić information content (AvgIpc) is 2.97. The van der Waals surface area contributed by atoms with Crippen LogP contribution < -0.4 is 5.32 Å². The average molecular weight is 337 g/mol. The summed E-state index contributed by atoms with van der Waals surface area (Å²) in [5.41, 5.74) is 0.413. The van der Waals surface area contributed by atoms with Crippen LogP contribution in [0.25, 0.3) is 0 Å². The summed E-state index contributed by atoms with van der Waals surface area (Å²) in [6.07, 6.45) is 5.71. The minimum atomic E-state index is -0.916. The van der Waals surface area contributed by atoms with Gasteiger partial charge in [-0.1, -0.05) is 30.3 Å². The molecule has 1 rings (SSSR count). The Bertz CT molecular complexity index is 481. The van der Waals surface area contributed by atoms with Crippen LogP contribution >= 0.6 is 34.8 Å². The van der Waals surface area contributed by atoms with Crippen molar-refractivity contribution in [3.05, 3.63) is 35.4 Å². The first-order valence-corrected chi connectivity index (χ1v) is 7.28. The van der Waals surface area contributed by atoms with E-state index in [4.69, 9.17) is 34.8 Å². The summed E-state index contributed by atoms with van der Waals surface area (Å²) in [5, 5.41) is 3.05. The number of Topliss-reactive ketones (excluding diaryl/α,β-unsaturated/α-hetero) is 1. The molecule has 6 heteroatoms. The van der Waals surface area contributed by atoms with Gasteiger partial charge in [-0.25, -0.2) is 0 Å². The third-order valence-electron chi connectivity index (χ3n) is 2.84. The fraction of sp³-hybridized carbons (Fsp3) is 0.429. The zero-order valence-corrected chi connectivity index (χ0v) is 13.4. The number of hydrogen-bond acceptors (Lipinski definition) is 2. The number of ketones is 1. The van der Waals surface area contributed by atoms with E-state index in [0.717, 1.165) is 0 Å². The minimum Gasteiger partial charge on any atom is -0.355 e. The van der Waals surface area contributed by atoms with Gasteiger partial charge in [-0.15, -0.1) is 23.2 Å². The van der Waals surface area contributed by atoms with Gasteiger partial charge >= 0.3 is 0 Å². The second kappa shape index (κ2) is 7.30. The molecule has 1 aliphatic carbocycles. The Labute approximate surface area is 133 Å². The molecule has 1 fully saturated rings. The van der Waals surface area contributed by atoms with Gasteiger partial charge in [-0.05, 0) is 25.8 Å². The van der Waals surface area contributed by atoms with Crippen LogP contribution in [0.4, 0.5) is 0 Å². The molecule has 110 valence electrons. The molecule has 20 heavy (non-hydrogen) atoms. The highest BCUT2D eigenvalue weighted by Crippen LogP contribution is 2.53. The van der Waals surface area contributed by atoms with Crippen molar-refractivity contribution in [2.45, 2.75) is 24.1 Å². The number of hydrogen-bond donors (Lipinski definition) is 1. The first kappa shape index (κ1) is 17.3. The SMILES string of the molecule is C=C/C=C(Cl)\C(=C/CCNC(=O)C1CC1(Cl)Cl)C(C)=O. The topological polar surface area (TPSA) is 46.2 Å². The number of carbonyl (C=O) groups is 2.